The minimum atomic E-state index is 0.504. The summed E-state index contributed by atoms with van der Waals surface area (Å²) in [5.41, 5.74) is 1.27. The van der Waals surface area contributed by atoms with Crippen molar-refractivity contribution in [3.63, 3.8) is 0 Å². The van der Waals surface area contributed by atoms with E-state index >= 15 is 0 Å². The first-order valence-corrected chi connectivity index (χ1v) is 7.19. The molecule has 1 N–H and O–H groups in total. The van der Waals surface area contributed by atoms with Gasteiger partial charge in [-0.05, 0) is 6.42 Å². The van der Waals surface area contributed by atoms with E-state index in [-0.39, 0.29) is 0 Å². The van der Waals surface area contributed by atoms with Crippen molar-refractivity contribution in [3.05, 3.63) is 16.1 Å². The van der Waals surface area contributed by atoms with Crippen LogP contribution >= 0.6 is 23.1 Å². The van der Waals surface area contributed by atoms with Gasteiger partial charge in [-0.25, -0.2) is 4.98 Å². The quantitative estimate of drug-likeness (QED) is 0.860. The van der Waals surface area contributed by atoms with E-state index in [4.69, 9.17) is 0 Å². The number of aromatic nitrogens is 1. The molecule has 0 bridgehead atoms. The van der Waals surface area contributed by atoms with Gasteiger partial charge in [0.15, 0.2) is 0 Å². The molecule has 1 aliphatic heterocycles. The second-order valence-corrected chi connectivity index (χ2v) is 5.55. The van der Waals surface area contributed by atoms with Gasteiger partial charge in [0, 0.05) is 23.4 Å². The first-order chi connectivity index (χ1) is 6.90. The highest BCUT2D eigenvalue weighted by molar-refractivity contribution is 7.99. The van der Waals surface area contributed by atoms with Gasteiger partial charge >= 0.3 is 0 Å². The van der Waals surface area contributed by atoms with Crippen molar-refractivity contribution in [1.29, 1.82) is 0 Å². The SMILES string of the molecule is CCCc1csc(C2CSCCN2)n1. The number of hydrogen-bond acceptors (Lipinski definition) is 4. The van der Waals surface area contributed by atoms with Crippen molar-refractivity contribution in [2.75, 3.05) is 18.1 Å². The molecule has 1 aromatic rings. The standard InChI is InChI=1S/C10H16N2S2/c1-2-3-8-6-14-10(12-8)9-7-13-5-4-11-9/h6,9,11H,2-5,7H2,1H3. The molecule has 2 rings (SSSR count). The third-order valence-corrected chi connectivity index (χ3v) is 4.36. The summed E-state index contributed by atoms with van der Waals surface area (Å²) in [7, 11) is 0. The van der Waals surface area contributed by atoms with E-state index < -0.39 is 0 Å². The predicted molar refractivity (Wildman–Crippen MR) is 64.2 cm³/mol. The molecule has 0 aliphatic carbocycles. The van der Waals surface area contributed by atoms with Crippen molar-refractivity contribution >= 4 is 23.1 Å². The van der Waals surface area contributed by atoms with Crippen LogP contribution in [0.25, 0.3) is 0 Å². The van der Waals surface area contributed by atoms with Crippen LogP contribution in [0.2, 0.25) is 0 Å². The molecule has 0 amide bonds. The predicted octanol–water partition coefficient (Wildman–Crippen LogP) is 2.47. The highest BCUT2D eigenvalue weighted by Gasteiger charge is 2.17. The second-order valence-electron chi connectivity index (χ2n) is 3.51. The topological polar surface area (TPSA) is 24.9 Å². The van der Waals surface area contributed by atoms with E-state index in [1.165, 1.54) is 28.6 Å². The average Bonchev–Trinajstić information content (AvgIpc) is 2.68. The lowest BCUT2D eigenvalue weighted by molar-refractivity contribution is 0.590. The number of aryl methyl sites for hydroxylation is 1. The molecular weight excluding hydrogens is 212 g/mol. The molecule has 4 heteroatoms. The number of rotatable bonds is 3. The van der Waals surface area contributed by atoms with Crippen molar-refractivity contribution in [1.82, 2.24) is 10.3 Å². The van der Waals surface area contributed by atoms with Gasteiger partial charge < -0.3 is 5.32 Å². The van der Waals surface area contributed by atoms with Gasteiger partial charge in [-0.2, -0.15) is 11.8 Å². The lowest BCUT2D eigenvalue weighted by atomic mass is 10.3. The van der Waals surface area contributed by atoms with Crippen molar-refractivity contribution in [2.24, 2.45) is 0 Å². The van der Waals surface area contributed by atoms with Crippen LogP contribution in [0.1, 0.15) is 30.1 Å². The molecule has 14 heavy (non-hydrogen) atoms. The summed E-state index contributed by atoms with van der Waals surface area (Å²) in [5, 5.41) is 7.00. The van der Waals surface area contributed by atoms with Gasteiger partial charge in [0.05, 0.1) is 11.7 Å². The first kappa shape index (κ1) is 10.5. The van der Waals surface area contributed by atoms with Crippen LogP contribution in [-0.4, -0.2) is 23.0 Å². The molecule has 0 radical (unpaired) electrons. The van der Waals surface area contributed by atoms with Gasteiger partial charge in [0.1, 0.15) is 5.01 Å². The molecule has 0 spiro atoms. The summed E-state index contributed by atoms with van der Waals surface area (Å²) in [5.74, 6) is 2.42. The zero-order chi connectivity index (χ0) is 9.80. The Labute approximate surface area is 93.5 Å². The smallest absolute Gasteiger partial charge is 0.111 e. The minimum Gasteiger partial charge on any atom is -0.306 e. The fourth-order valence-corrected chi connectivity index (χ4v) is 3.55. The third-order valence-electron chi connectivity index (χ3n) is 2.30. The van der Waals surface area contributed by atoms with Gasteiger partial charge in [0.25, 0.3) is 0 Å². The summed E-state index contributed by atoms with van der Waals surface area (Å²) in [4.78, 5) is 4.67. The highest BCUT2D eigenvalue weighted by atomic mass is 32.2. The molecule has 1 atom stereocenters. The van der Waals surface area contributed by atoms with E-state index in [1.807, 2.05) is 23.1 Å². The summed E-state index contributed by atoms with van der Waals surface area (Å²) in [6, 6.07) is 0.504. The molecule has 1 saturated heterocycles. The second kappa shape index (κ2) is 5.14. The van der Waals surface area contributed by atoms with E-state index in [1.54, 1.807) is 0 Å². The van der Waals surface area contributed by atoms with Crippen LogP contribution in [0.15, 0.2) is 5.38 Å². The molecule has 78 valence electrons. The molecule has 0 saturated carbocycles. The van der Waals surface area contributed by atoms with Gasteiger partial charge in [-0.15, -0.1) is 11.3 Å². The minimum absolute atomic E-state index is 0.504. The Balaban J connectivity index is 2.00. The maximum absolute atomic E-state index is 4.67. The van der Waals surface area contributed by atoms with Gasteiger partial charge in [-0.3, -0.25) is 0 Å². The van der Waals surface area contributed by atoms with Crippen LogP contribution < -0.4 is 5.32 Å². The number of nitrogens with one attached hydrogen (secondary N) is 1. The lowest BCUT2D eigenvalue weighted by Crippen LogP contribution is -2.30. The van der Waals surface area contributed by atoms with Crippen LogP contribution in [-0.2, 0) is 6.42 Å². The Morgan fingerprint density at radius 1 is 1.64 bits per heavy atom. The summed E-state index contributed by atoms with van der Waals surface area (Å²) < 4.78 is 0. The highest BCUT2D eigenvalue weighted by Crippen LogP contribution is 2.24. The van der Waals surface area contributed by atoms with Gasteiger partial charge in [-0.1, -0.05) is 13.3 Å². The molecule has 1 unspecified atom stereocenters. The van der Waals surface area contributed by atoms with Crippen molar-refractivity contribution in [2.45, 2.75) is 25.8 Å². The maximum atomic E-state index is 4.67. The van der Waals surface area contributed by atoms with Crippen molar-refractivity contribution in [3.8, 4) is 0 Å². The average molecular weight is 228 g/mol. The zero-order valence-electron chi connectivity index (χ0n) is 8.45. The summed E-state index contributed by atoms with van der Waals surface area (Å²) >= 11 is 3.83. The van der Waals surface area contributed by atoms with Gasteiger partial charge in [0.2, 0.25) is 0 Å². The molecule has 1 aliphatic rings. The molecule has 1 fully saturated rings. The molecular formula is C10H16N2S2. The molecule has 0 aromatic carbocycles. The fourth-order valence-electron chi connectivity index (χ4n) is 1.58. The Morgan fingerprint density at radius 2 is 2.57 bits per heavy atom. The maximum Gasteiger partial charge on any atom is 0.111 e. The van der Waals surface area contributed by atoms with E-state index in [9.17, 15) is 0 Å². The van der Waals surface area contributed by atoms with Crippen LogP contribution in [0.4, 0.5) is 0 Å². The van der Waals surface area contributed by atoms with Crippen LogP contribution in [0.3, 0.4) is 0 Å². The fraction of sp³-hybridized carbons (Fsp3) is 0.700. The van der Waals surface area contributed by atoms with E-state index in [0.29, 0.717) is 6.04 Å². The normalized spacial score (nSPS) is 22.5. The molecule has 2 nitrogen and oxygen atoms in total. The summed E-state index contributed by atoms with van der Waals surface area (Å²) in [6.07, 6.45) is 2.31. The third kappa shape index (κ3) is 2.49. The Morgan fingerprint density at radius 3 is 3.29 bits per heavy atom. The zero-order valence-corrected chi connectivity index (χ0v) is 10.1. The largest absolute Gasteiger partial charge is 0.306 e. The number of nitrogens with zero attached hydrogens (tertiary/aromatic N) is 1. The molecule has 1 aromatic heterocycles. The first-order valence-electron chi connectivity index (χ1n) is 5.15. The van der Waals surface area contributed by atoms with Crippen LogP contribution in [0.5, 0.6) is 0 Å². The van der Waals surface area contributed by atoms with Crippen LogP contribution in [0, 0.1) is 0 Å². The van der Waals surface area contributed by atoms with Crippen molar-refractivity contribution < 1.29 is 0 Å². The monoisotopic (exact) mass is 228 g/mol. The molecule has 2 heterocycles. The lowest BCUT2D eigenvalue weighted by Gasteiger charge is -2.20. The van der Waals surface area contributed by atoms with E-state index in [2.05, 4.69) is 22.6 Å². The Bertz CT molecular complexity index is 279. The van der Waals surface area contributed by atoms with E-state index in [0.717, 1.165) is 13.0 Å². The number of thiazole rings is 1. The Kier molecular flexibility index (Phi) is 3.84. The Hall–Kier alpha value is -0.0600. The number of thioether (sulfide) groups is 1. The number of hydrogen-bond donors (Lipinski definition) is 1. The summed E-state index contributed by atoms with van der Waals surface area (Å²) in [6.45, 7) is 3.33.